The molecule has 1 unspecified atom stereocenters. The van der Waals surface area contributed by atoms with Gasteiger partial charge in [-0.25, -0.2) is 0 Å². The lowest BCUT2D eigenvalue weighted by molar-refractivity contribution is -0.137. The second kappa shape index (κ2) is 4.98. The summed E-state index contributed by atoms with van der Waals surface area (Å²) in [4.78, 5) is 21.8. The van der Waals surface area contributed by atoms with Gasteiger partial charge in [-0.15, -0.1) is 0 Å². The number of hydrogen-bond acceptors (Lipinski definition) is 3. The number of primary amides is 1. The number of aliphatic carboxylic acids is 1. The maximum Gasteiger partial charge on any atom is 0.325 e. The molecule has 5 nitrogen and oxygen atoms in total. The lowest BCUT2D eigenvalue weighted by Gasteiger charge is -2.13. The molecule has 0 heterocycles. The molecule has 16 heavy (non-hydrogen) atoms. The van der Waals surface area contributed by atoms with Crippen LogP contribution in [0.15, 0.2) is 22.7 Å². The van der Waals surface area contributed by atoms with Crippen molar-refractivity contribution in [2.75, 3.05) is 5.32 Å². The Morgan fingerprint density at radius 1 is 1.50 bits per heavy atom. The van der Waals surface area contributed by atoms with Crippen LogP contribution in [-0.2, 0) is 4.79 Å². The van der Waals surface area contributed by atoms with E-state index < -0.39 is 17.9 Å². The highest BCUT2D eigenvalue weighted by atomic mass is 79.9. The zero-order valence-electron chi connectivity index (χ0n) is 8.53. The van der Waals surface area contributed by atoms with Gasteiger partial charge >= 0.3 is 5.97 Å². The van der Waals surface area contributed by atoms with Crippen LogP contribution in [0.3, 0.4) is 0 Å². The molecular formula is C10H11BrN2O3. The van der Waals surface area contributed by atoms with Crippen molar-refractivity contribution in [1.82, 2.24) is 0 Å². The minimum Gasteiger partial charge on any atom is -0.480 e. The standard InChI is InChI=1S/C10H11BrN2O3/c1-5(10(15)16)13-8-3-2-6(11)4-7(8)9(12)14/h2-5,13H,1H3,(H2,12,14)(H,15,16). The van der Waals surface area contributed by atoms with Crippen LogP contribution in [0.1, 0.15) is 17.3 Å². The van der Waals surface area contributed by atoms with Crippen LogP contribution in [0.4, 0.5) is 5.69 Å². The smallest absolute Gasteiger partial charge is 0.325 e. The first-order chi connectivity index (χ1) is 7.41. The number of carboxylic acid groups (broad SMARTS) is 1. The largest absolute Gasteiger partial charge is 0.480 e. The monoisotopic (exact) mass is 286 g/mol. The van der Waals surface area contributed by atoms with Gasteiger partial charge in [0.25, 0.3) is 5.91 Å². The third kappa shape index (κ3) is 2.96. The number of amides is 1. The second-order valence-electron chi connectivity index (χ2n) is 3.26. The van der Waals surface area contributed by atoms with Crippen LogP contribution >= 0.6 is 15.9 Å². The first-order valence-corrected chi connectivity index (χ1v) is 5.30. The Balaban J connectivity index is 3.04. The van der Waals surface area contributed by atoms with E-state index >= 15 is 0 Å². The van der Waals surface area contributed by atoms with Crippen molar-refractivity contribution in [2.45, 2.75) is 13.0 Å². The molecule has 0 aliphatic carbocycles. The van der Waals surface area contributed by atoms with Gasteiger partial charge in [-0.2, -0.15) is 0 Å². The van der Waals surface area contributed by atoms with Gasteiger partial charge in [0.2, 0.25) is 0 Å². The summed E-state index contributed by atoms with van der Waals surface area (Å²) in [7, 11) is 0. The number of carboxylic acids is 1. The molecule has 6 heteroatoms. The molecule has 86 valence electrons. The highest BCUT2D eigenvalue weighted by molar-refractivity contribution is 9.10. The first kappa shape index (κ1) is 12.5. The van der Waals surface area contributed by atoms with Gasteiger partial charge in [0.1, 0.15) is 6.04 Å². The van der Waals surface area contributed by atoms with E-state index in [-0.39, 0.29) is 5.56 Å². The van der Waals surface area contributed by atoms with Crippen molar-refractivity contribution in [3.05, 3.63) is 28.2 Å². The number of rotatable bonds is 4. The van der Waals surface area contributed by atoms with Crippen LogP contribution < -0.4 is 11.1 Å². The number of carbonyl (C=O) groups is 2. The molecule has 1 rings (SSSR count). The summed E-state index contributed by atoms with van der Waals surface area (Å²) < 4.78 is 0.704. The number of halogens is 1. The molecule has 0 aromatic heterocycles. The van der Waals surface area contributed by atoms with Gasteiger partial charge < -0.3 is 16.2 Å². The molecule has 0 bridgehead atoms. The van der Waals surface area contributed by atoms with Gasteiger partial charge in [0, 0.05) is 10.2 Å². The van der Waals surface area contributed by atoms with E-state index in [1.54, 1.807) is 18.2 Å². The summed E-state index contributed by atoms with van der Waals surface area (Å²) >= 11 is 3.21. The molecule has 0 aliphatic heterocycles. The Bertz CT molecular complexity index is 434. The van der Waals surface area contributed by atoms with Gasteiger partial charge in [-0.3, -0.25) is 9.59 Å². The van der Waals surface area contributed by atoms with E-state index in [0.717, 1.165) is 0 Å². The van der Waals surface area contributed by atoms with E-state index in [1.807, 2.05) is 0 Å². The molecule has 0 saturated heterocycles. The average molecular weight is 287 g/mol. The fourth-order valence-corrected chi connectivity index (χ4v) is 1.50. The molecule has 1 aromatic rings. The molecule has 0 radical (unpaired) electrons. The fraction of sp³-hybridized carbons (Fsp3) is 0.200. The fourth-order valence-electron chi connectivity index (χ4n) is 1.14. The van der Waals surface area contributed by atoms with Crippen molar-refractivity contribution >= 4 is 33.5 Å². The van der Waals surface area contributed by atoms with Gasteiger partial charge in [-0.05, 0) is 25.1 Å². The van der Waals surface area contributed by atoms with Crippen LogP contribution in [0.5, 0.6) is 0 Å². The van der Waals surface area contributed by atoms with Crippen molar-refractivity contribution in [2.24, 2.45) is 5.73 Å². The number of nitrogens with one attached hydrogen (secondary N) is 1. The molecule has 4 N–H and O–H groups in total. The Labute approximate surface area is 101 Å². The van der Waals surface area contributed by atoms with Crippen LogP contribution in [-0.4, -0.2) is 23.0 Å². The predicted molar refractivity (Wildman–Crippen MR) is 63.4 cm³/mol. The number of carbonyl (C=O) groups excluding carboxylic acids is 1. The maximum absolute atomic E-state index is 11.1. The zero-order chi connectivity index (χ0) is 12.3. The van der Waals surface area contributed by atoms with Gasteiger partial charge in [-0.1, -0.05) is 15.9 Å². The van der Waals surface area contributed by atoms with Crippen molar-refractivity contribution in [3.63, 3.8) is 0 Å². The lowest BCUT2D eigenvalue weighted by atomic mass is 10.1. The maximum atomic E-state index is 11.1. The van der Waals surface area contributed by atoms with Gasteiger partial charge in [0.05, 0.1) is 5.56 Å². The molecule has 1 amide bonds. The van der Waals surface area contributed by atoms with Crippen molar-refractivity contribution in [1.29, 1.82) is 0 Å². The summed E-state index contributed by atoms with van der Waals surface area (Å²) in [6, 6.07) is 4.05. The molecule has 0 fully saturated rings. The lowest BCUT2D eigenvalue weighted by Crippen LogP contribution is -2.27. The molecule has 0 saturated carbocycles. The summed E-state index contributed by atoms with van der Waals surface area (Å²) in [6.45, 7) is 1.48. The first-order valence-electron chi connectivity index (χ1n) is 4.50. The third-order valence-corrected chi connectivity index (χ3v) is 2.48. The summed E-state index contributed by atoms with van der Waals surface area (Å²) in [5.41, 5.74) is 5.85. The number of anilines is 1. The Morgan fingerprint density at radius 2 is 2.12 bits per heavy atom. The second-order valence-corrected chi connectivity index (χ2v) is 4.17. The third-order valence-electron chi connectivity index (χ3n) is 1.99. The van der Waals surface area contributed by atoms with Crippen LogP contribution in [0.2, 0.25) is 0 Å². The zero-order valence-corrected chi connectivity index (χ0v) is 10.1. The van der Waals surface area contributed by atoms with Crippen molar-refractivity contribution < 1.29 is 14.7 Å². The quantitative estimate of drug-likeness (QED) is 0.781. The normalized spacial score (nSPS) is 11.9. The van der Waals surface area contributed by atoms with Gasteiger partial charge in [0.15, 0.2) is 0 Å². The topological polar surface area (TPSA) is 92.4 Å². The molecular weight excluding hydrogens is 276 g/mol. The minimum atomic E-state index is -1.00. The van der Waals surface area contributed by atoms with E-state index in [2.05, 4.69) is 21.2 Å². The number of nitrogens with two attached hydrogens (primary N) is 1. The molecule has 0 spiro atoms. The highest BCUT2D eigenvalue weighted by Gasteiger charge is 2.14. The molecule has 1 atom stereocenters. The van der Waals surface area contributed by atoms with Crippen LogP contribution in [0.25, 0.3) is 0 Å². The minimum absolute atomic E-state index is 0.252. The summed E-state index contributed by atoms with van der Waals surface area (Å²) in [5.74, 6) is -1.61. The molecule has 1 aromatic carbocycles. The number of benzene rings is 1. The SMILES string of the molecule is CC(Nc1ccc(Br)cc1C(N)=O)C(=O)O. The molecule has 0 aliphatic rings. The summed E-state index contributed by atoms with van der Waals surface area (Å²) in [5, 5.41) is 11.4. The average Bonchev–Trinajstić information content (AvgIpc) is 2.20. The van der Waals surface area contributed by atoms with E-state index in [9.17, 15) is 9.59 Å². The van der Waals surface area contributed by atoms with E-state index in [1.165, 1.54) is 6.92 Å². The van der Waals surface area contributed by atoms with E-state index in [0.29, 0.717) is 10.2 Å². The number of hydrogen-bond donors (Lipinski definition) is 3. The van der Waals surface area contributed by atoms with E-state index in [4.69, 9.17) is 10.8 Å². The Kier molecular flexibility index (Phi) is 3.89. The highest BCUT2D eigenvalue weighted by Crippen LogP contribution is 2.21. The van der Waals surface area contributed by atoms with Crippen LogP contribution in [0, 0.1) is 0 Å². The summed E-state index contributed by atoms with van der Waals surface area (Å²) in [6.07, 6.45) is 0. The Hall–Kier alpha value is -1.56. The Morgan fingerprint density at radius 3 is 2.62 bits per heavy atom. The predicted octanol–water partition coefficient (Wildman–Crippen LogP) is 1.43. The van der Waals surface area contributed by atoms with Crippen molar-refractivity contribution in [3.8, 4) is 0 Å².